The number of carbonyl (C=O) groups excluding carboxylic acids is 15. The van der Waals surface area contributed by atoms with Crippen LogP contribution < -0.4 is 37.6 Å². The first kappa shape index (κ1) is 116. The zero-order chi connectivity index (χ0) is 97.1. The molecule has 6 unspecified atom stereocenters. The van der Waals surface area contributed by atoms with Gasteiger partial charge < -0.3 is 77.4 Å². The molecular weight excluding hydrogens is 1710 g/mol. The van der Waals surface area contributed by atoms with Gasteiger partial charge in [0.25, 0.3) is 5.91 Å². The Morgan fingerprint density at radius 3 is 1.40 bits per heavy atom. The number of aliphatic carboxylic acids is 3. The summed E-state index contributed by atoms with van der Waals surface area (Å²) in [6.45, 7) is 6.79. The molecule has 48 heteroatoms. The normalized spacial score (nSPS) is 14.6. The lowest BCUT2D eigenvalue weighted by atomic mass is 9.94. The van der Waals surface area contributed by atoms with Gasteiger partial charge >= 0.3 is 29.8 Å². The van der Waals surface area contributed by atoms with E-state index in [0.29, 0.717) is 138 Å². The number of hydrogen-bond donors (Lipinski definition) is 19. The highest BCUT2D eigenvalue weighted by Crippen LogP contribution is 2.23. The standard InChI is InChI=1S/C34H49N5O12.C25H48N6O8.C22H36N4O13/c1-22(20-28(41)35-24-13-8-11-19-39(48)33(24)45)51-34(46)25(14-9-10-18-38(47)29(42)16-4-3-5-17-30(43)49-2)36-31(44)26-21-50-32(37-26)23-12-6-7-15-27(23)40;1-21(32)29(37)18-9-3-6-16-27-22(33)12-14-25(36)31(39)20-10-4-7-17-28-23(34)11-13-24(35)30(38)19-8-2-5-15-26;1-13(27)25(38)9-5-3-7-15(19(31)32)23-17(29)11-22(37,21(35)36)12-18(30)24-16(20(33)34)8-4-6-10-26(39)14(2)28/h6-7,12,15,22,24-26,40,47-48H,3-5,8-11,13-14,16-21H2,1-2H3,(H,35,41)(H,36,44);37-39H,2-20,26H2,1H3,(H,27,33)(H,28,34);15-16,37-39H,3-12H2,1-2H3,(H,23,29)(H,24,30)(H,31,32)(H,33,34)(H,35,36). The quantitative estimate of drug-likeness (QED) is 0.0189. The van der Waals surface area contributed by atoms with Gasteiger partial charge in [-0.15, -0.1) is 0 Å². The van der Waals surface area contributed by atoms with Gasteiger partial charge in [0.1, 0.15) is 42.6 Å². The Bertz CT molecular complexity index is 3720. The molecular formula is C81H133N15O33. The molecule has 2 aliphatic rings. The fourth-order valence-corrected chi connectivity index (χ4v) is 12.2. The first-order chi connectivity index (χ1) is 61.0. The maximum atomic E-state index is 13.3. The van der Waals surface area contributed by atoms with Gasteiger partial charge in [-0.3, -0.25) is 104 Å². The number of carboxylic acid groups (broad SMARTS) is 3. The molecule has 6 atom stereocenters. The van der Waals surface area contributed by atoms with Gasteiger partial charge in [0.05, 0.1) is 31.9 Å². The first-order valence-corrected chi connectivity index (χ1v) is 43.0. The summed E-state index contributed by atoms with van der Waals surface area (Å²) < 4.78 is 15.6. The fraction of sp³-hybridized carbons (Fsp3) is 0.691. The summed E-state index contributed by atoms with van der Waals surface area (Å²) in [4.78, 5) is 219. The lowest BCUT2D eigenvalue weighted by Crippen LogP contribution is -2.51. The molecule has 48 nitrogen and oxygen atoms in total. The van der Waals surface area contributed by atoms with Crippen molar-refractivity contribution in [3.63, 3.8) is 0 Å². The number of methoxy groups -OCH3 is 1. The van der Waals surface area contributed by atoms with Crippen LogP contribution in [0.2, 0.25) is 0 Å². The van der Waals surface area contributed by atoms with Crippen LogP contribution in [-0.2, 0) is 101 Å². The molecule has 1 saturated heterocycles. The highest BCUT2D eigenvalue weighted by molar-refractivity contribution is 6.01. The van der Waals surface area contributed by atoms with Gasteiger partial charge in [-0.25, -0.2) is 59.6 Å². The van der Waals surface area contributed by atoms with E-state index in [1.807, 2.05) is 10.6 Å². The summed E-state index contributed by atoms with van der Waals surface area (Å²) in [6, 6.07) is 0.223. The smallest absolute Gasteiger partial charge is 0.336 e. The van der Waals surface area contributed by atoms with E-state index >= 15 is 0 Å². The minimum absolute atomic E-state index is 0.0191. The summed E-state index contributed by atoms with van der Waals surface area (Å²) in [6.07, 6.45) is 6.75. The van der Waals surface area contributed by atoms with Crippen LogP contribution in [0.25, 0.3) is 0 Å². The Kier molecular flexibility index (Phi) is 58.4. The maximum absolute atomic E-state index is 13.3. The Balaban J connectivity index is 0.000000983. The predicted octanol–water partition coefficient (Wildman–Crippen LogP) is 1.20. The summed E-state index contributed by atoms with van der Waals surface area (Å²) in [5, 5.41) is 135. The van der Waals surface area contributed by atoms with Gasteiger partial charge in [0.2, 0.25) is 76.8 Å². The number of carbonyl (C=O) groups is 18. The van der Waals surface area contributed by atoms with Crippen molar-refractivity contribution < 1.29 is 162 Å². The summed E-state index contributed by atoms with van der Waals surface area (Å²) >= 11 is 0. The fourth-order valence-electron chi connectivity index (χ4n) is 12.2. The average Bonchev–Trinajstić information content (AvgIpc) is 1.42. The lowest BCUT2D eigenvalue weighted by molar-refractivity contribution is -0.167. The number of nitrogens with zero attached hydrogens (tertiary/aromatic N) is 8. The van der Waals surface area contributed by atoms with Crippen LogP contribution in [0.15, 0.2) is 29.3 Å². The molecule has 1 aromatic carbocycles. The third-order valence-electron chi connectivity index (χ3n) is 19.8. The number of aromatic hydroxyl groups is 1. The molecule has 13 amide bonds. The number of hydrogen-bond acceptors (Lipinski definition) is 32. The van der Waals surface area contributed by atoms with E-state index in [9.17, 15) is 148 Å². The minimum atomic E-state index is -2.99. The van der Waals surface area contributed by atoms with Crippen molar-refractivity contribution in [3.05, 3.63) is 29.8 Å². The van der Waals surface area contributed by atoms with Crippen molar-refractivity contribution in [2.45, 2.75) is 281 Å². The summed E-state index contributed by atoms with van der Waals surface area (Å²) in [5.74, 6) is -14.1. The van der Waals surface area contributed by atoms with E-state index in [4.69, 9.17) is 15.2 Å². The topological polar surface area (TPSA) is 711 Å². The molecule has 0 radical (unpaired) electrons. The zero-order valence-corrected chi connectivity index (χ0v) is 74.0. The number of aliphatic hydroxyl groups is 1. The van der Waals surface area contributed by atoms with E-state index in [2.05, 4.69) is 31.0 Å². The number of amides is 13. The van der Waals surface area contributed by atoms with Crippen LogP contribution >= 0.6 is 0 Å². The molecule has 1 aromatic rings. The molecule has 0 aliphatic carbocycles. The second kappa shape index (κ2) is 65.2. The molecule has 0 saturated carbocycles. The molecule has 1 fully saturated rings. The van der Waals surface area contributed by atoms with Gasteiger partial charge in [-0.1, -0.05) is 25.0 Å². The van der Waals surface area contributed by atoms with Crippen LogP contribution in [-0.4, -0.2) is 331 Å². The van der Waals surface area contributed by atoms with E-state index in [1.165, 1.54) is 27.0 Å². The highest BCUT2D eigenvalue weighted by Gasteiger charge is 2.42. The number of carboxylic acids is 3. The SMILES string of the molecule is CC(=O)N(O)CCCCC(NC(=O)CC(O)(CC(=O)NC(CCCCN(O)C(C)=O)C(=O)O)C(=O)O)C(=O)O.CC(=O)N(O)CCCCCNC(=O)CCC(=O)N(O)CCCCCNC(=O)CCC(=O)N(O)CCCCCN.COC(=O)CCCCCC(=O)N(O)CCCCC(NC(=O)C1COC(c2ccccc2O)=N1)C(=O)OC(C)CC(=O)NC1CCCCN(O)C1=O. The first-order valence-electron chi connectivity index (χ1n) is 43.0. The number of para-hydroxylation sites is 1. The molecule has 2 aliphatic heterocycles. The average molecular weight is 1850 g/mol. The van der Waals surface area contributed by atoms with Crippen LogP contribution in [0.5, 0.6) is 5.75 Å². The Labute approximate surface area is 746 Å². The third-order valence-corrected chi connectivity index (χ3v) is 19.8. The number of benzene rings is 1. The molecule has 20 N–H and O–H groups in total. The Hall–Kier alpha value is -11.4. The largest absolute Gasteiger partial charge is 0.507 e. The van der Waals surface area contributed by atoms with E-state index < -0.39 is 144 Å². The number of nitrogens with two attached hydrogens (primary N) is 1. The van der Waals surface area contributed by atoms with Gasteiger partial charge in [0.15, 0.2) is 11.6 Å². The molecule has 0 aromatic heterocycles. The van der Waals surface area contributed by atoms with E-state index in [0.717, 1.165) is 33.1 Å². The van der Waals surface area contributed by atoms with Crippen molar-refractivity contribution in [3.8, 4) is 5.75 Å². The number of nitrogens with one attached hydrogen (secondary N) is 6. The van der Waals surface area contributed by atoms with Gasteiger partial charge in [-0.05, 0) is 167 Å². The molecule has 2 heterocycles. The molecule has 0 bridgehead atoms. The number of unbranched alkanes of at least 4 members (excludes halogenated alkanes) is 11. The third kappa shape index (κ3) is 51.4. The summed E-state index contributed by atoms with van der Waals surface area (Å²) in [5.41, 5.74) is 2.71. The summed E-state index contributed by atoms with van der Waals surface area (Å²) in [7, 11) is 1.31. The Morgan fingerprint density at radius 1 is 0.535 bits per heavy atom. The number of phenols is 1. The van der Waals surface area contributed by atoms with Crippen LogP contribution in [0, 0.1) is 0 Å². The highest BCUT2D eigenvalue weighted by atomic mass is 16.6. The van der Waals surface area contributed by atoms with Crippen molar-refractivity contribution in [1.82, 2.24) is 67.3 Å². The predicted molar refractivity (Wildman–Crippen MR) is 446 cm³/mol. The van der Waals surface area contributed by atoms with Crippen molar-refractivity contribution >= 4 is 113 Å². The number of ether oxygens (including phenoxy) is 3. The van der Waals surface area contributed by atoms with Crippen molar-refractivity contribution in [2.75, 3.05) is 79.2 Å². The van der Waals surface area contributed by atoms with Crippen LogP contribution in [0.3, 0.4) is 0 Å². The second-order valence-electron chi connectivity index (χ2n) is 30.7. The Morgan fingerprint density at radius 2 is 0.961 bits per heavy atom. The molecule has 0 spiro atoms. The van der Waals surface area contributed by atoms with Gasteiger partial charge in [-0.2, -0.15) is 0 Å². The number of aliphatic imine (C=N–C) groups is 1. The van der Waals surface area contributed by atoms with Crippen molar-refractivity contribution in [1.29, 1.82) is 0 Å². The molecule has 129 heavy (non-hydrogen) atoms. The number of esters is 2. The lowest BCUT2D eigenvalue weighted by Gasteiger charge is -2.24. The van der Waals surface area contributed by atoms with Crippen LogP contribution in [0.4, 0.5) is 0 Å². The number of rotatable bonds is 61. The van der Waals surface area contributed by atoms with Crippen LogP contribution in [0.1, 0.15) is 245 Å². The van der Waals surface area contributed by atoms with E-state index in [-0.39, 0.29) is 185 Å². The molecule has 730 valence electrons. The van der Waals surface area contributed by atoms with E-state index in [1.54, 1.807) is 18.2 Å². The zero-order valence-electron chi connectivity index (χ0n) is 74.0. The second-order valence-corrected chi connectivity index (χ2v) is 30.7. The monoisotopic (exact) mass is 1840 g/mol. The van der Waals surface area contributed by atoms with Crippen molar-refractivity contribution in [2.24, 2.45) is 10.7 Å². The minimum Gasteiger partial charge on any atom is -0.507 e. The number of phenolic OH excluding ortho intramolecular Hbond substituents is 1. The van der Waals surface area contributed by atoms with Gasteiger partial charge in [0, 0.05) is 118 Å². The number of hydroxylamine groups is 14. The maximum Gasteiger partial charge on any atom is 0.336 e. The molecule has 3 rings (SSSR count).